The Morgan fingerprint density at radius 3 is 2.53 bits per heavy atom. The number of para-hydroxylation sites is 1. The van der Waals surface area contributed by atoms with Crippen LogP contribution >= 0.6 is 0 Å². The van der Waals surface area contributed by atoms with Crippen LogP contribution in [0, 0.1) is 0 Å². The van der Waals surface area contributed by atoms with Crippen LogP contribution in [0.1, 0.15) is 20.3 Å². The summed E-state index contributed by atoms with van der Waals surface area (Å²) >= 11 is 0. The molecule has 0 heterocycles. The summed E-state index contributed by atoms with van der Waals surface area (Å²) in [7, 11) is 1.53. The van der Waals surface area contributed by atoms with E-state index in [4.69, 9.17) is 4.74 Å². The van der Waals surface area contributed by atoms with E-state index in [-0.39, 0.29) is 18.5 Å². The average molecular weight is 264 g/mol. The number of hydrogen-bond acceptors (Lipinski definition) is 3. The number of ether oxygens (including phenoxy) is 1. The van der Waals surface area contributed by atoms with E-state index < -0.39 is 6.09 Å². The Kier molecular flexibility index (Phi) is 5.85. The molecule has 104 valence electrons. The summed E-state index contributed by atoms with van der Waals surface area (Å²) in [5.41, 5.74) is 0. The van der Waals surface area contributed by atoms with Gasteiger partial charge in [0, 0.05) is 13.1 Å². The van der Waals surface area contributed by atoms with E-state index in [1.165, 1.54) is 11.9 Å². The van der Waals surface area contributed by atoms with Crippen molar-refractivity contribution in [3.63, 3.8) is 0 Å². The molecule has 1 rings (SSSR count). The van der Waals surface area contributed by atoms with Gasteiger partial charge in [-0.3, -0.25) is 4.79 Å². The summed E-state index contributed by atoms with van der Waals surface area (Å²) in [6, 6.07) is 8.86. The van der Waals surface area contributed by atoms with E-state index in [0.29, 0.717) is 5.75 Å². The van der Waals surface area contributed by atoms with Crippen molar-refractivity contribution in [3.8, 4) is 5.75 Å². The molecule has 5 nitrogen and oxygen atoms in total. The minimum atomic E-state index is -0.550. The van der Waals surface area contributed by atoms with E-state index in [1.807, 2.05) is 19.9 Å². The molecular formula is C14H20N2O3. The second-order valence-electron chi connectivity index (χ2n) is 4.41. The zero-order valence-electron chi connectivity index (χ0n) is 11.6. The van der Waals surface area contributed by atoms with Gasteiger partial charge in [0.05, 0.1) is 0 Å². The van der Waals surface area contributed by atoms with Crippen molar-refractivity contribution in [2.24, 2.45) is 0 Å². The second kappa shape index (κ2) is 7.41. The van der Waals surface area contributed by atoms with Gasteiger partial charge in [0.15, 0.2) is 0 Å². The number of likely N-dealkylation sites (N-methyl/N-ethyl adjacent to an activating group) is 1. The molecule has 0 radical (unpaired) electrons. The molecule has 0 aliphatic heterocycles. The lowest BCUT2D eigenvalue weighted by molar-refractivity contribution is -0.122. The van der Waals surface area contributed by atoms with Gasteiger partial charge < -0.3 is 15.0 Å². The number of nitrogens with one attached hydrogen (secondary N) is 1. The highest BCUT2D eigenvalue weighted by Crippen LogP contribution is 2.09. The maximum Gasteiger partial charge on any atom is 0.415 e. The molecule has 5 heteroatoms. The molecule has 0 aromatic heterocycles. The fourth-order valence-corrected chi connectivity index (χ4v) is 1.37. The number of amides is 2. The van der Waals surface area contributed by atoms with Crippen LogP contribution in [0.5, 0.6) is 5.75 Å². The normalized spacial score (nSPS) is 11.5. The minimum absolute atomic E-state index is 0.0179. The van der Waals surface area contributed by atoms with Gasteiger partial charge in [-0.15, -0.1) is 0 Å². The molecule has 2 amide bonds. The number of hydrogen-bond donors (Lipinski definition) is 1. The lowest BCUT2D eigenvalue weighted by Crippen LogP contribution is -2.42. The van der Waals surface area contributed by atoms with Crippen LogP contribution in [0.4, 0.5) is 4.79 Å². The molecule has 0 aliphatic carbocycles. The third kappa shape index (κ3) is 5.42. The van der Waals surface area contributed by atoms with Gasteiger partial charge >= 0.3 is 6.09 Å². The third-order valence-electron chi connectivity index (χ3n) is 2.66. The van der Waals surface area contributed by atoms with Gasteiger partial charge in [-0.05, 0) is 25.5 Å². The van der Waals surface area contributed by atoms with Crippen LogP contribution in [0.15, 0.2) is 30.3 Å². The van der Waals surface area contributed by atoms with E-state index in [2.05, 4.69) is 5.32 Å². The van der Waals surface area contributed by atoms with Gasteiger partial charge in [-0.1, -0.05) is 25.1 Å². The van der Waals surface area contributed by atoms with Gasteiger partial charge in [0.25, 0.3) is 0 Å². The second-order valence-corrected chi connectivity index (χ2v) is 4.41. The molecule has 0 bridgehead atoms. The summed E-state index contributed by atoms with van der Waals surface area (Å²) in [6.07, 6.45) is 0.301. The fourth-order valence-electron chi connectivity index (χ4n) is 1.37. The number of nitrogens with zero attached hydrogens (tertiary/aromatic N) is 1. The molecule has 0 aliphatic rings. The van der Waals surface area contributed by atoms with E-state index in [1.54, 1.807) is 24.3 Å². The molecule has 1 atom stereocenters. The molecular weight excluding hydrogens is 244 g/mol. The number of carbonyl (C=O) groups is 2. The average Bonchev–Trinajstić information content (AvgIpc) is 2.39. The quantitative estimate of drug-likeness (QED) is 0.885. The maximum atomic E-state index is 11.7. The molecule has 0 saturated carbocycles. The highest BCUT2D eigenvalue weighted by atomic mass is 16.6. The van der Waals surface area contributed by atoms with E-state index in [0.717, 1.165) is 6.42 Å². The first kappa shape index (κ1) is 15.0. The Bertz CT molecular complexity index is 420. The smallest absolute Gasteiger partial charge is 0.410 e. The largest absolute Gasteiger partial charge is 0.415 e. The molecule has 1 N–H and O–H groups in total. The SMILES string of the molecule is CCC(C)NC(=O)CN(C)C(=O)Oc1ccccc1. The first-order valence-corrected chi connectivity index (χ1v) is 6.30. The molecule has 0 fully saturated rings. The van der Waals surface area contributed by atoms with Crippen molar-refractivity contribution in [2.45, 2.75) is 26.3 Å². The molecule has 1 unspecified atom stereocenters. The summed E-state index contributed by atoms with van der Waals surface area (Å²) in [5.74, 6) is 0.267. The first-order chi connectivity index (χ1) is 9.02. The lowest BCUT2D eigenvalue weighted by Gasteiger charge is -2.18. The molecule has 0 saturated heterocycles. The molecule has 1 aromatic rings. The molecule has 1 aromatic carbocycles. The van der Waals surface area contributed by atoms with Crippen molar-refractivity contribution in [3.05, 3.63) is 30.3 Å². The number of carbonyl (C=O) groups excluding carboxylic acids is 2. The minimum Gasteiger partial charge on any atom is -0.410 e. The zero-order chi connectivity index (χ0) is 14.3. The van der Waals surface area contributed by atoms with E-state index in [9.17, 15) is 9.59 Å². The Hall–Kier alpha value is -2.04. The lowest BCUT2D eigenvalue weighted by atomic mass is 10.2. The van der Waals surface area contributed by atoms with Gasteiger partial charge in [-0.2, -0.15) is 0 Å². The van der Waals surface area contributed by atoms with Crippen LogP contribution < -0.4 is 10.1 Å². The van der Waals surface area contributed by atoms with Crippen molar-refractivity contribution < 1.29 is 14.3 Å². The third-order valence-corrected chi connectivity index (χ3v) is 2.66. The van der Waals surface area contributed by atoms with Crippen molar-refractivity contribution in [2.75, 3.05) is 13.6 Å². The number of benzene rings is 1. The van der Waals surface area contributed by atoms with Crippen molar-refractivity contribution in [1.82, 2.24) is 10.2 Å². The van der Waals surface area contributed by atoms with Crippen LogP contribution in [0.25, 0.3) is 0 Å². The first-order valence-electron chi connectivity index (χ1n) is 6.30. The fraction of sp³-hybridized carbons (Fsp3) is 0.429. The standard InChI is InChI=1S/C14H20N2O3/c1-4-11(2)15-13(17)10-16(3)14(18)19-12-8-6-5-7-9-12/h5-9,11H,4,10H2,1-3H3,(H,15,17). The van der Waals surface area contributed by atoms with Gasteiger partial charge in [0.2, 0.25) is 5.91 Å². The summed E-state index contributed by atoms with van der Waals surface area (Å²) in [6.45, 7) is 3.88. The number of rotatable bonds is 5. The van der Waals surface area contributed by atoms with Crippen LogP contribution in [0.3, 0.4) is 0 Å². The van der Waals surface area contributed by atoms with Crippen molar-refractivity contribution in [1.29, 1.82) is 0 Å². The van der Waals surface area contributed by atoms with Crippen LogP contribution in [0.2, 0.25) is 0 Å². The Morgan fingerprint density at radius 2 is 1.95 bits per heavy atom. The Labute approximate surface area is 113 Å². The monoisotopic (exact) mass is 264 g/mol. The zero-order valence-corrected chi connectivity index (χ0v) is 11.6. The Morgan fingerprint density at radius 1 is 1.32 bits per heavy atom. The van der Waals surface area contributed by atoms with Gasteiger partial charge in [0.1, 0.15) is 12.3 Å². The summed E-state index contributed by atoms with van der Waals surface area (Å²) in [5, 5.41) is 2.79. The highest BCUT2D eigenvalue weighted by Gasteiger charge is 2.15. The maximum absolute atomic E-state index is 11.7. The van der Waals surface area contributed by atoms with Crippen molar-refractivity contribution >= 4 is 12.0 Å². The summed E-state index contributed by atoms with van der Waals surface area (Å²) in [4.78, 5) is 24.6. The predicted molar refractivity (Wildman–Crippen MR) is 73.0 cm³/mol. The topological polar surface area (TPSA) is 58.6 Å². The van der Waals surface area contributed by atoms with Crippen LogP contribution in [-0.2, 0) is 4.79 Å². The molecule has 19 heavy (non-hydrogen) atoms. The van der Waals surface area contributed by atoms with Gasteiger partial charge in [-0.25, -0.2) is 4.79 Å². The Balaban J connectivity index is 2.43. The van der Waals surface area contributed by atoms with Crippen LogP contribution in [-0.4, -0.2) is 36.5 Å². The van der Waals surface area contributed by atoms with E-state index >= 15 is 0 Å². The summed E-state index contributed by atoms with van der Waals surface area (Å²) < 4.78 is 5.12. The highest BCUT2D eigenvalue weighted by molar-refractivity contribution is 5.82. The predicted octanol–water partition coefficient (Wildman–Crippen LogP) is 2.03. The molecule has 0 spiro atoms.